The first-order valence-corrected chi connectivity index (χ1v) is 11.8. The van der Waals surface area contributed by atoms with E-state index in [1.807, 2.05) is 18.2 Å². The Balaban J connectivity index is 1.70. The third kappa shape index (κ3) is 4.74. The molecule has 1 fully saturated rings. The van der Waals surface area contributed by atoms with E-state index in [9.17, 15) is 9.59 Å². The SMILES string of the molecule is CCc1cc(CN2C(=O)COc3ccc(/C=C4/SC(=S)NC4=O)cc32)cc(C(C)(C)C)c1. The lowest BCUT2D eigenvalue weighted by molar-refractivity contribution is -0.121. The Hall–Kier alpha value is -2.64. The van der Waals surface area contributed by atoms with Gasteiger partial charge in [-0.05, 0) is 52.3 Å². The second kappa shape index (κ2) is 8.71. The van der Waals surface area contributed by atoms with Gasteiger partial charge >= 0.3 is 0 Å². The maximum Gasteiger partial charge on any atom is 0.265 e. The Labute approximate surface area is 198 Å². The number of rotatable bonds is 4. The molecule has 0 atom stereocenters. The van der Waals surface area contributed by atoms with Crippen molar-refractivity contribution in [3.05, 3.63) is 63.6 Å². The molecule has 2 aliphatic heterocycles. The highest BCUT2D eigenvalue weighted by Crippen LogP contribution is 2.36. The topological polar surface area (TPSA) is 58.6 Å². The van der Waals surface area contributed by atoms with E-state index in [1.165, 1.54) is 22.9 Å². The Morgan fingerprint density at radius 1 is 1.16 bits per heavy atom. The summed E-state index contributed by atoms with van der Waals surface area (Å²) in [6.45, 7) is 9.21. The molecule has 0 bridgehead atoms. The van der Waals surface area contributed by atoms with Gasteiger partial charge in [-0.15, -0.1) is 0 Å². The number of nitrogens with zero attached hydrogens (tertiary/aromatic N) is 1. The minimum Gasteiger partial charge on any atom is -0.482 e. The predicted molar refractivity (Wildman–Crippen MR) is 134 cm³/mol. The highest BCUT2D eigenvalue weighted by molar-refractivity contribution is 8.26. The number of carbonyl (C=O) groups excluding carboxylic acids is 2. The number of anilines is 1. The van der Waals surface area contributed by atoms with Crippen LogP contribution in [0.15, 0.2) is 41.3 Å². The van der Waals surface area contributed by atoms with E-state index >= 15 is 0 Å². The van der Waals surface area contributed by atoms with E-state index in [0.717, 1.165) is 17.5 Å². The molecule has 32 heavy (non-hydrogen) atoms. The predicted octanol–water partition coefficient (Wildman–Crippen LogP) is 4.96. The van der Waals surface area contributed by atoms with Crippen LogP contribution in [0.5, 0.6) is 5.75 Å². The molecule has 5 nitrogen and oxygen atoms in total. The van der Waals surface area contributed by atoms with Gasteiger partial charge in [0.1, 0.15) is 10.1 Å². The molecule has 0 aliphatic carbocycles. The molecule has 2 aliphatic rings. The minimum atomic E-state index is -0.201. The molecule has 2 heterocycles. The number of benzene rings is 2. The summed E-state index contributed by atoms with van der Waals surface area (Å²) in [4.78, 5) is 27.2. The third-order valence-electron chi connectivity index (χ3n) is 5.53. The summed E-state index contributed by atoms with van der Waals surface area (Å²) in [7, 11) is 0. The van der Waals surface area contributed by atoms with Gasteiger partial charge in [-0.2, -0.15) is 0 Å². The van der Waals surface area contributed by atoms with E-state index in [2.05, 4.69) is 51.2 Å². The molecular formula is C25H26N2O3S2. The fourth-order valence-electron chi connectivity index (χ4n) is 3.73. The second-order valence-electron chi connectivity index (χ2n) is 8.99. The van der Waals surface area contributed by atoms with Gasteiger partial charge in [0.15, 0.2) is 6.61 Å². The zero-order chi connectivity index (χ0) is 23.0. The monoisotopic (exact) mass is 466 g/mol. The molecular weight excluding hydrogens is 440 g/mol. The van der Waals surface area contributed by atoms with Gasteiger partial charge in [0.05, 0.1) is 17.1 Å². The quantitative estimate of drug-likeness (QED) is 0.510. The maximum absolute atomic E-state index is 12.8. The fraction of sp³-hybridized carbons (Fsp3) is 0.320. The Morgan fingerprint density at radius 3 is 2.56 bits per heavy atom. The first-order chi connectivity index (χ1) is 15.1. The van der Waals surface area contributed by atoms with Crippen LogP contribution in [0, 0.1) is 0 Å². The molecule has 0 saturated carbocycles. The van der Waals surface area contributed by atoms with Crippen molar-refractivity contribution in [3.63, 3.8) is 0 Å². The third-order valence-corrected chi connectivity index (χ3v) is 6.70. The van der Waals surface area contributed by atoms with Gasteiger partial charge < -0.3 is 15.0 Å². The number of aryl methyl sites for hydroxylation is 1. The average molecular weight is 467 g/mol. The number of nitrogens with one attached hydrogen (secondary N) is 1. The van der Waals surface area contributed by atoms with E-state index in [0.29, 0.717) is 27.2 Å². The van der Waals surface area contributed by atoms with Crippen LogP contribution in [0.4, 0.5) is 5.69 Å². The van der Waals surface area contributed by atoms with Gasteiger partial charge in [-0.3, -0.25) is 9.59 Å². The number of amides is 2. The molecule has 0 spiro atoms. The van der Waals surface area contributed by atoms with Crippen LogP contribution in [-0.2, 0) is 28.0 Å². The van der Waals surface area contributed by atoms with Gasteiger partial charge in [-0.25, -0.2) is 0 Å². The molecule has 0 unspecified atom stereocenters. The first kappa shape index (κ1) is 22.6. The van der Waals surface area contributed by atoms with Crippen molar-refractivity contribution in [1.29, 1.82) is 0 Å². The number of hydrogen-bond donors (Lipinski definition) is 1. The zero-order valence-electron chi connectivity index (χ0n) is 18.7. The molecule has 0 radical (unpaired) electrons. The zero-order valence-corrected chi connectivity index (χ0v) is 20.3. The van der Waals surface area contributed by atoms with Crippen LogP contribution in [0.2, 0.25) is 0 Å². The summed E-state index contributed by atoms with van der Waals surface area (Å²) in [6.07, 6.45) is 2.72. The Kier molecular flexibility index (Phi) is 6.14. The molecule has 0 aromatic heterocycles. The fourth-order valence-corrected chi connectivity index (χ4v) is 4.77. The molecule has 2 amide bonds. The van der Waals surface area contributed by atoms with Crippen LogP contribution in [0.1, 0.15) is 49.9 Å². The summed E-state index contributed by atoms with van der Waals surface area (Å²) in [5, 5.41) is 2.62. The van der Waals surface area contributed by atoms with E-state index in [4.69, 9.17) is 17.0 Å². The molecule has 1 N–H and O–H groups in total. The molecule has 166 valence electrons. The number of hydrogen-bond acceptors (Lipinski definition) is 5. The maximum atomic E-state index is 12.8. The first-order valence-electron chi connectivity index (χ1n) is 10.6. The van der Waals surface area contributed by atoms with Crippen LogP contribution < -0.4 is 15.0 Å². The normalized spacial score (nSPS) is 17.4. The minimum absolute atomic E-state index is 0.0135. The van der Waals surface area contributed by atoms with Crippen LogP contribution >= 0.6 is 24.0 Å². The lowest BCUT2D eigenvalue weighted by Crippen LogP contribution is -2.38. The van der Waals surface area contributed by atoms with Gasteiger partial charge in [0.25, 0.3) is 11.8 Å². The van der Waals surface area contributed by atoms with Crippen molar-refractivity contribution < 1.29 is 14.3 Å². The molecule has 2 aromatic rings. The van der Waals surface area contributed by atoms with Crippen molar-refractivity contribution in [2.45, 2.75) is 46.1 Å². The van der Waals surface area contributed by atoms with Crippen molar-refractivity contribution in [3.8, 4) is 5.75 Å². The van der Waals surface area contributed by atoms with Crippen LogP contribution in [0.25, 0.3) is 6.08 Å². The van der Waals surface area contributed by atoms with Crippen molar-refractivity contribution in [2.24, 2.45) is 0 Å². The number of thioether (sulfide) groups is 1. The number of fused-ring (bicyclic) bond motifs is 1. The number of carbonyl (C=O) groups is 2. The van der Waals surface area contributed by atoms with Crippen molar-refractivity contribution in [2.75, 3.05) is 11.5 Å². The highest BCUT2D eigenvalue weighted by atomic mass is 32.2. The second-order valence-corrected chi connectivity index (χ2v) is 10.7. The summed E-state index contributed by atoms with van der Waals surface area (Å²) >= 11 is 6.31. The Bertz CT molecular complexity index is 1150. The molecule has 2 aromatic carbocycles. The van der Waals surface area contributed by atoms with Gasteiger partial charge in [-0.1, -0.05) is 75.9 Å². The lowest BCUT2D eigenvalue weighted by Gasteiger charge is -2.30. The largest absolute Gasteiger partial charge is 0.482 e. The highest BCUT2D eigenvalue weighted by Gasteiger charge is 2.27. The van der Waals surface area contributed by atoms with Crippen molar-refractivity contribution >= 4 is 51.9 Å². The standard InChI is InChI=1S/C25H26N2O3S2/c1-5-15-8-17(10-18(9-15)25(2,3)4)13-27-19-11-16(6-7-20(19)30-14-22(27)28)12-21-23(29)26-24(31)32-21/h6-12H,5,13-14H2,1-4H3,(H,26,29,31)/b21-12+. The number of thiocarbonyl (C=S) groups is 1. The average Bonchev–Trinajstić information content (AvgIpc) is 3.06. The lowest BCUT2D eigenvalue weighted by atomic mass is 9.84. The van der Waals surface area contributed by atoms with Gasteiger partial charge in [0.2, 0.25) is 0 Å². The summed E-state index contributed by atoms with van der Waals surface area (Å²) < 4.78 is 6.12. The van der Waals surface area contributed by atoms with E-state index in [1.54, 1.807) is 11.0 Å². The van der Waals surface area contributed by atoms with E-state index in [-0.39, 0.29) is 23.8 Å². The Morgan fingerprint density at radius 2 is 1.91 bits per heavy atom. The summed E-state index contributed by atoms with van der Waals surface area (Å²) in [5.41, 5.74) is 5.15. The van der Waals surface area contributed by atoms with Gasteiger partial charge in [0, 0.05) is 0 Å². The summed E-state index contributed by atoms with van der Waals surface area (Å²) in [6, 6.07) is 12.2. The summed E-state index contributed by atoms with van der Waals surface area (Å²) in [5.74, 6) is 0.372. The van der Waals surface area contributed by atoms with E-state index < -0.39 is 0 Å². The molecule has 4 rings (SSSR count). The molecule has 7 heteroatoms. The number of ether oxygens (including phenoxy) is 1. The molecule has 1 saturated heterocycles. The van der Waals surface area contributed by atoms with Crippen LogP contribution in [0.3, 0.4) is 0 Å². The van der Waals surface area contributed by atoms with Crippen LogP contribution in [-0.4, -0.2) is 22.7 Å². The van der Waals surface area contributed by atoms with Crippen molar-refractivity contribution in [1.82, 2.24) is 5.32 Å². The smallest absolute Gasteiger partial charge is 0.265 e.